The highest BCUT2D eigenvalue weighted by molar-refractivity contribution is 7.48. The van der Waals surface area contributed by atoms with E-state index in [0.717, 1.165) is 77.2 Å². The maximum Gasteiger partial charge on any atom is 0.470 e. The topological polar surface area (TPSA) is 1080 Å². The minimum absolute atomic E-state index is 0. The molecule has 13 atom stereocenters. The second-order valence-corrected chi connectivity index (χ2v) is 55.8. The van der Waals surface area contributed by atoms with Crippen molar-refractivity contribution in [3.8, 4) is 0 Å². The molecule has 2 fully saturated rings. The maximum absolute atomic E-state index is 11.4. The highest BCUT2D eigenvalue weighted by Crippen LogP contribution is 2.59. The molecule has 0 aliphatic heterocycles. The summed E-state index contributed by atoms with van der Waals surface area (Å²) in [5.74, 6) is -3.43. The van der Waals surface area contributed by atoms with Crippen LogP contribution in [0.25, 0.3) is 0 Å². The standard InChI is InChI=1S/7C8H17NO2.2C6H18O24P6.CH4/c7*1-7(5-8(10)11)6-9(2,3)4;2*7-31(8,9)25-1-2(26-32(10,11)12)4(28-34(16,17)18)6(30-36(22,23)24)5(29-35(19,20)21)3(1)27-33(13,14)15;/h7*7H,5-6H2,1-4H3;2*1-6H,(H2,7,8,9)(H2,10,11,12)(H2,13,14,15)(H2,16,17,18)(H2,19,20,21)(H2,22,23,24);1H4/t7*7-;;;/m1111111.../s1. The summed E-state index contributed by atoms with van der Waals surface area (Å²) >= 11 is 0. The molecule has 0 aromatic rings. The highest BCUT2D eigenvalue weighted by atomic mass is 31.2. The number of carbonyl (C=O) groups is 7. The molecule has 0 aromatic carbocycles. The normalized spacial score (nSPS) is 23.5. The molecule has 150 heavy (non-hydrogen) atoms. The van der Waals surface area contributed by atoms with E-state index in [9.17, 15) is 123 Å². The Balaban J connectivity index is -0.000000269. The van der Waals surface area contributed by atoms with E-state index in [1.807, 2.05) is 69.6 Å². The quantitative estimate of drug-likeness (QED) is 0.0200. The van der Waals surface area contributed by atoms with Crippen LogP contribution in [-0.2, 0) is 143 Å². The van der Waals surface area contributed by atoms with Gasteiger partial charge in [-0.15, -0.1) is 0 Å². The number of phosphoric ester groups is 12. The van der Waals surface area contributed by atoms with Gasteiger partial charge in [-0.25, -0.2) is 27.4 Å². The van der Waals surface area contributed by atoms with Crippen LogP contribution < -0.4 is 34.5 Å². The molecular weight excluding hydrogens is 2290 g/mol. The summed E-state index contributed by atoms with van der Waals surface area (Å²) in [7, 11) is -30.8. The van der Waals surface area contributed by atoms with Crippen molar-refractivity contribution >= 4 is 136 Å². The maximum atomic E-state index is 11.4. The Morgan fingerprint density at radius 3 is 0.340 bits per heavy atom. The third kappa shape index (κ3) is 107. The van der Waals surface area contributed by atoms with Crippen molar-refractivity contribution in [1.82, 2.24) is 0 Å². The first-order valence-corrected chi connectivity index (χ1v) is 60.9. The van der Waals surface area contributed by atoms with E-state index in [1.165, 1.54) is 0 Å². The average Bonchev–Trinajstić information content (AvgIpc) is 0.745. The van der Waals surface area contributed by atoms with Crippen molar-refractivity contribution < 1.29 is 327 Å². The van der Waals surface area contributed by atoms with E-state index >= 15 is 0 Å². The number of carboxylic acids is 7. The molecule has 0 spiro atoms. The van der Waals surface area contributed by atoms with Crippen molar-refractivity contribution in [2.75, 3.05) is 194 Å². The van der Waals surface area contributed by atoms with Crippen molar-refractivity contribution in [3.63, 3.8) is 0 Å². The Morgan fingerprint density at radius 2 is 0.280 bits per heavy atom. The van der Waals surface area contributed by atoms with E-state index < -0.39 is 209 Å². The van der Waals surface area contributed by atoms with Gasteiger partial charge in [-0.3, -0.25) is 83.3 Å². The lowest BCUT2D eigenvalue weighted by Crippen LogP contribution is -2.67. The average molecular weight is 2450 g/mol. The molecule has 81 heteroatoms. The summed E-state index contributed by atoms with van der Waals surface area (Å²) in [5.41, 5.74) is 0. The number of rotatable bonds is 52. The van der Waals surface area contributed by atoms with E-state index in [0.29, 0.717) is 0 Å². The Kier molecular flexibility index (Phi) is 72.2. The van der Waals surface area contributed by atoms with Gasteiger partial charge < -0.3 is 217 Å². The Hall–Kier alpha value is -2.67. The van der Waals surface area contributed by atoms with E-state index in [1.54, 1.807) is 0 Å². The van der Waals surface area contributed by atoms with Crippen molar-refractivity contribution in [2.24, 2.45) is 41.4 Å². The predicted molar refractivity (Wildman–Crippen MR) is 504 cm³/mol. The van der Waals surface area contributed by atoms with Crippen LogP contribution in [0.3, 0.4) is 0 Å². The molecule has 24 N–H and O–H groups in total. The molecule has 2 aliphatic rings. The number of hydrogen-bond acceptors (Lipinski definition) is 38. The molecule has 2 saturated carbocycles. The van der Waals surface area contributed by atoms with Crippen molar-refractivity contribution in [2.45, 2.75) is 174 Å². The predicted octanol–water partition coefficient (Wildman–Crippen LogP) is -5.13. The molecule has 2 rings (SSSR count). The van der Waals surface area contributed by atoms with Crippen LogP contribution in [0.4, 0.5) is 0 Å². The summed E-state index contributed by atoms with van der Waals surface area (Å²) < 4.78 is 190. The molecule has 2 aliphatic carbocycles. The highest BCUT2D eigenvalue weighted by Gasteiger charge is 2.64. The fourth-order valence-electron chi connectivity index (χ4n) is 14.6. The Bertz CT molecular complexity index is 3720. The van der Waals surface area contributed by atoms with Crippen LogP contribution in [-0.4, -0.2) is 459 Å². The number of carbonyl (C=O) groups excluding carboxylic acids is 1. The summed E-state index contributed by atoms with van der Waals surface area (Å²) in [6, 6.07) is 0. The van der Waals surface area contributed by atoms with E-state index in [4.69, 9.17) is 119 Å². The van der Waals surface area contributed by atoms with Crippen LogP contribution >= 0.6 is 93.9 Å². The monoisotopic (exact) mass is 2450 g/mol. The summed E-state index contributed by atoms with van der Waals surface area (Å²) in [6.07, 6.45) is -37.2. The first-order valence-electron chi connectivity index (χ1n) is 42.7. The minimum Gasteiger partial charge on any atom is -0.756 e. The number of phosphoric acid groups is 12. The molecule has 0 radical (unpaired) electrons. The van der Waals surface area contributed by atoms with Gasteiger partial charge in [0, 0.05) is 47.4 Å². The smallest absolute Gasteiger partial charge is 0.470 e. The summed E-state index contributed by atoms with van der Waals surface area (Å²) in [4.78, 5) is 303. The summed E-state index contributed by atoms with van der Waals surface area (Å²) in [6.45, 7) is 20.1. The first kappa shape index (κ1) is 163. The van der Waals surface area contributed by atoms with Gasteiger partial charge >= 0.3 is 82.8 Å². The third-order valence-electron chi connectivity index (χ3n) is 16.6. The number of carboxylic acid groups (broad SMARTS) is 7. The van der Waals surface area contributed by atoms with Gasteiger partial charge in [0.05, 0.1) is 232 Å². The Labute approximate surface area is 868 Å². The van der Waals surface area contributed by atoms with E-state index in [2.05, 4.69) is 181 Å². The molecule has 0 amide bonds. The second-order valence-electron chi connectivity index (χ2n) is 41.8. The number of hydrogen-bond donors (Lipinski definition) is 24. The SMILES string of the molecule is C.C[C@H](CC(=O)O)C[N+](C)(C)C.C[C@H](CC(=O)O)C[N+](C)(C)C.C[C@H](CC(=O)O)C[N+](C)(C)C.C[C@H](CC(=O)O)C[N+](C)(C)C.C[C@H](CC(=O)O)C[N+](C)(C)C.C[C@H](CC(=O)O)C[N+](C)(C)C.C[C@H](CC(=O)[O-])C[N+](C)(C)C.O=P(O)(O)OC1C(OP(=O)(O)O)C(OP(=O)(O)O)C(OP(=O)(O)O)C(OP(=O)(O)O)C1OP(=O)(O)O.O=P([O-])(O)OC1C(OP(=O)([O-])O)C(OP(=O)([O-])O)C(OP(=O)([O-])O)C(OP(=O)([O-])O)C1OP(=O)([O-])O. The minimum atomic E-state index is -6.35. The fourth-order valence-corrected chi connectivity index (χ4v) is 21.3. The van der Waals surface area contributed by atoms with Gasteiger partial charge in [-0.05, 0) is 6.42 Å². The molecule has 0 heterocycles. The van der Waals surface area contributed by atoms with Crippen LogP contribution in [0.1, 0.15) is 101 Å². The number of nitrogens with zero attached hydrogens (tertiary/aromatic N) is 7. The molecular formula is C69H159N7O62P12. The van der Waals surface area contributed by atoms with Gasteiger partial charge in [0.25, 0.3) is 46.9 Å². The van der Waals surface area contributed by atoms with Crippen LogP contribution in [0.15, 0.2) is 0 Å². The zero-order valence-corrected chi connectivity index (χ0v) is 97.8. The van der Waals surface area contributed by atoms with Crippen LogP contribution in [0.2, 0.25) is 0 Å². The summed E-state index contributed by atoms with van der Waals surface area (Å²) in [5, 5.41) is 61.0. The lowest BCUT2D eigenvalue weighted by Gasteiger charge is -2.52. The molecule has 0 saturated heterocycles. The molecule has 69 nitrogen and oxygen atoms in total. The molecule has 0 aromatic heterocycles. The van der Waals surface area contributed by atoms with Gasteiger partial charge in [0.1, 0.15) is 73.2 Å². The molecule has 902 valence electrons. The number of quaternary nitrogens is 7. The molecule has 6 unspecified atom stereocenters. The largest absolute Gasteiger partial charge is 0.756 e. The first-order chi connectivity index (χ1) is 64.8. The van der Waals surface area contributed by atoms with Gasteiger partial charge in [0.15, 0.2) is 0 Å². The Morgan fingerprint density at radius 1 is 0.200 bits per heavy atom. The molecule has 0 bridgehead atoms. The number of aliphatic carboxylic acids is 7. The van der Waals surface area contributed by atoms with Crippen molar-refractivity contribution in [1.29, 1.82) is 0 Å². The zero-order chi connectivity index (χ0) is 121. The van der Waals surface area contributed by atoms with Crippen LogP contribution in [0.5, 0.6) is 0 Å². The van der Waals surface area contributed by atoms with Gasteiger partial charge in [-0.2, -0.15) is 0 Å². The lowest BCUT2D eigenvalue weighted by atomic mass is 9.85. The third-order valence-corrected chi connectivity index (χ3v) is 22.8. The van der Waals surface area contributed by atoms with Gasteiger partial charge in [-0.1, -0.05) is 55.9 Å². The van der Waals surface area contributed by atoms with E-state index in [-0.39, 0.29) is 93.8 Å². The fraction of sp³-hybridized carbons (Fsp3) is 0.899. The van der Waals surface area contributed by atoms with Crippen molar-refractivity contribution in [3.05, 3.63) is 0 Å². The lowest BCUT2D eigenvalue weighted by molar-refractivity contribution is -0.873. The van der Waals surface area contributed by atoms with Crippen LogP contribution in [0, 0.1) is 41.4 Å². The zero-order valence-electron chi connectivity index (χ0n) is 87.1. The second kappa shape index (κ2) is 66.7. The van der Waals surface area contributed by atoms with Gasteiger partial charge in [0.2, 0.25) is 0 Å².